The first kappa shape index (κ1) is 48.6. The van der Waals surface area contributed by atoms with Crippen molar-refractivity contribution in [2.24, 2.45) is 5.16 Å². The Labute approximate surface area is 382 Å². The van der Waals surface area contributed by atoms with E-state index >= 15 is 0 Å². The minimum atomic E-state index is -1.69. The van der Waals surface area contributed by atoms with E-state index in [1.165, 1.54) is 48.6 Å². The Morgan fingerprint density at radius 1 is 0.985 bits per heavy atom. The molecule has 3 aliphatic rings. The van der Waals surface area contributed by atoms with Crippen LogP contribution in [0.3, 0.4) is 0 Å². The van der Waals surface area contributed by atoms with Crippen LogP contribution in [0.15, 0.2) is 43.5 Å². The highest BCUT2D eigenvalue weighted by Gasteiger charge is 2.57. The van der Waals surface area contributed by atoms with Crippen LogP contribution in [0.4, 0.5) is 9.93 Å². The fourth-order valence-corrected chi connectivity index (χ4v) is 9.73. The monoisotopic (exact) mass is 941 g/mol. The van der Waals surface area contributed by atoms with Crippen LogP contribution in [-0.2, 0) is 44.7 Å². The maximum absolute atomic E-state index is 14.2. The summed E-state index contributed by atoms with van der Waals surface area (Å²) in [5.74, 6) is -4.10. The number of anilines is 1. The molecule has 2 saturated heterocycles. The number of benzene rings is 1. The minimum absolute atomic E-state index is 0.0453. The Hall–Kier alpha value is -5.88. The molecule has 0 saturated carbocycles. The van der Waals surface area contributed by atoms with Crippen LogP contribution in [0.2, 0.25) is 0 Å². The lowest BCUT2D eigenvalue weighted by Gasteiger charge is -2.52. The first-order valence-corrected chi connectivity index (χ1v) is 22.7. The van der Waals surface area contributed by atoms with Crippen molar-refractivity contribution in [2.45, 2.75) is 115 Å². The molecule has 0 spiro atoms. The second-order valence-corrected chi connectivity index (χ2v) is 20.9. The molecule has 3 aliphatic heterocycles. The second-order valence-electron chi connectivity index (χ2n) is 18.6. The average Bonchev–Trinajstić information content (AvgIpc) is 3.87. The molecular weight excluding hydrogens is 887 g/mol. The van der Waals surface area contributed by atoms with Crippen LogP contribution in [0.5, 0.6) is 11.5 Å². The fourth-order valence-electron chi connectivity index (χ4n) is 7.60. The second kappa shape index (κ2) is 18.2. The molecule has 5 N–H and O–H groups in total. The first-order chi connectivity index (χ1) is 30.2. The number of nitrogens with one attached hydrogen (secondary N) is 3. The Bertz CT molecular complexity index is 2600. The van der Waals surface area contributed by atoms with E-state index in [2.05, 4.69) is 25.9 Å². The van der Waals surface area contributed by atoms with Gasteiger partial charge in [0.15, 0.2) is 22.3 Å². The number of oxime groups is 1. The number of thiazole rings is 1. The molecule has 65 heavy (non-hydrogen) atoms. The van der Waals surface area contributed by atoms with Gasteiger partial charge in [-0.05, 0) is 74.4 Å². The third-order valence-electron chi connectivity index (χ3n) is 10.8. The fraction of sp³-hybridized carbons (Fsp3) is 0.537. The van der Waals surface area contributed by atoms with Crippen molar-refractivity contribution in [1.82, 2.24) is 25.0 Å². The van der Waals surface area contributed by atoms with E-state index in [1.807, 2.05) is 6.92 Å². The lowest BCUT2D eigenvalue weighted by Crippen LogP contribution is -2.72. The number of phenols is 2. The Morgan fingerprint density at radius 3 is 2.23 bits per heavy atom. The summed E-state index contributed by atoms with van der Waals surface area (Å²) in [5, 5.41) is 32.0. The number of aromatic nitrogens is 3. The highest BCUT2D eigenvalue weighted by atomic mass is 32.2. The summed E-state index contributed by atoms with van der Waals surface area (Å²) in [5.41, 5.74) is -4.36. The van der Waals surface area contributed by atoms with E-state index in [0.717, 1.165) is 36.3 Å². The van der Waals surface area contributed by atoms with Gasteiger partial charge in [0.05, 0.1) is 37.0 Å². The molecular formula is C41H54BN8O13S2+. The molecule has 0 bridgehead atoms. The zero-order chi connectivity index (χ0) is 48.0. The maximum Gasteiger partial charge on any atom is 0.413 e. The van der Waals surface area contributed by atoms with Gasteiger partial charge in [-0.2, -0.15) is 0 Å². The topological polar surface area (TPSA) is 270 Å². The smallest absolute Gasteiger partial charge is 0.413 e. The largest absolute Gasteiger partial charge is 0.539 e. The molecule has 21 nitrogen and oxygen atoms in total. The number of aromatic hydroxyl groups is 2. The highest BCUT2D eigenvalue weighted by molar-refractivity contribution is 8.00. The Balaban J connectivity index is 1.26. The number of nitrogens with zero attached hydrogens (tertiary/aromatic N) is 5. The van der Waals surface area contributed by atoms with Crippen molar-refractivity contribution >= 4 is 82.6 Å². The number of rotatable bonds is 13. The van der Waals surface area contributed by atoms with Gasteiger partial charge in [0, 0.05) is 29.0 Å². The van der Waals surface area contributed by atoms with Gasteiger partial charge in [-0.1, -0.05) is 5.16 Å². The van der Waals surface area contributed by atoms with E-state index in [-0.39, 0.29) is 39.1 Å². The van der Waals surface area contributed by atoms with Crippen molar-refractivity contribution in [2.75, 3.05) is 31.5 Å². The number of aromatic amines is 1. The van der Waals surface area contributed by atoms with Crippen molar-refractivity contribution < 1.29 is 57.6 Å². The summed E-state index contributed by atoms with van der Waals surface area (Å²) in [7, 11) is 1.21. The molecule has 24 heteroatoms. The molecule has 350 valence electrons. The van der Waals surface area contributed by atoms with E-state index < -0.39 is 86.4 Å². The number of phenolic OH excluding ortho intramolecular Hbond substituents is 2. The van der Waals surface area contributed by atoms with Crippen LogP contribution in [-0.4, -0.2) is 138 Å². The summed E-state index contributed by atoms with van der Waals surface area (Å²) in [4.78, 5) is 105. The molecule has 2 aromatic heterocycles. The molecule has 6 rings (SSSR count). The van der Waals surface area contributed by atoms with Crippen LogP contribution < -0.4 is 21.8 Å². The summed E-state index contributed by atoms with van der Waals surface area (Å²) >= 11 is 2.30. The molecule has 0 radical (unpaired) electrons. The number of hydrogen-bond acceptors (Lipinski definition) is 17. The van der Waals surface area contributed by atoms with Gasteiger partial charge in [0.25, 0.3) is 22.9 Å². The molecule has 2 fully saturated rings. The quantitative estimate of drug-likeness (QED) is 0.0313. The van der Waals surface area contributed by atoms with Gasteiger partial charge < -0.3 is 39.0 Å². The van der Waals surface area contributed by atoms with Gasteiger partial charge in [0.2, 0.25) is 5.60 Å². The molecule has 0 unspecified atom stereocenters. The number of hydrogen-bond donors (Lipinski definition) is 5. The van der Waals surface area contributed by atoms with Gasteiger partial charge in [-0.15, -0.1) is 23.1 Å². The van der Waals surface area contributed by atoms with Crippen molar-refractivity contribution in [3.8, 4) is 11.5 Å². The summed E-state index contributed by atoms with van der Waals surface area (Å²) in [6.07, 6.45) is 0.899. The van der Waals surface area contributed by atoms with Crippen molar-refractivity contribution in [1.29, 1.82) is 0 Å². The Morgan fingerprint density at radius 2 is 1.62 bits per heavy atom. The number of amides is 3. The van der Waals surface area contributed by atoms with Crippen LogP contribution >= 0.6 is 23.1 Å². The van der Waals surface area contributed by atoms with Crippen molar-refractivity contribution in [3.63, 3.8) is 0 Å². The third-order valence-corrected chi connectivity index (χ3v) is 13.0. The van der Waals surface area contributed by atoms with Crippen LogP contribution in [0, 0.1) is 0 Å². The predicted molar refractivity (Wildman–Crippen MR) is 242 cm³/mol. The summed E-state index contributed by atoms with van der Waals surface area (Å²) in [6, 6.07) is 0.930. The van der Waals surface area contributed by atoms with E-state index in [1.54, 1.807) is 41.5 Å². The summed E-state index contributed by atoms with van der Waals surface area (Å²) < 4.78 is 17.6. The molecule has 1 aromatic carbocycles. The number of esters is 1. The number of fused-ring (bicyclic) bond motifs is 2. The average molecular weight is 942 g/mol. The number of β-lactam (4-membered cyclic amide) rings is 1. The number of likely N-dealkylation sites (tertiary alicyclic amines) is 1. The number of ether oxygens (including phenoxy) is 2. The zero-order valence-corrected chi connectivity index (χ0v) is 39.5. The van der Waals surface area contributed by atoms with E-state index in [4.69, 9.17) is 19.0 Å². The first-order valence-electron chi connectivity index (χ1n) is 20.8. The van der Waals surface area contributed by atoms with Gasteiger partial charge in [-0.25, -0.2) is 24.0 Å². The number of thioether (sulfide) groups is 1. The number of carbonyl (C=O) groups is 5. The number of carbonyl (C=O) groups excluding carboxylic acids is 5. The summed E-state index contributed by atoms with van der Waals surface area (Å²) in [6.45, 7) is 16.9. The minimum Gasteiger partial charge on any atom is -0.539 e. The number of H-pyrrole nitrogens is 1. The molecule has 3 atom stereocenters. The SMILES string of the molecule is BOC(=O)C1=C(C[N+]2(CCn3[nH]c(=O)c4cc(O)c(O)cc4c3=O)CCCC2)[C@H](C)S[C@@H]2[C@H](NC(=O)/C(=N\OC(C)(C)C(=O)OC(C)(C)C)c3csc(NC(=O)OC(C)(C)C)n3)C(=O)N12. The third kappa shape index (κ3) is 10.6. The predicted octanol–water partition coefficient (Wildman–Crippen LogP) is 2.19. The van der Waals surface area contributed by atoms with Crippen LogP contribution in [0.1, 0.15) is 80.8 Å². The standard InChI is InChI=1S/C41H53BN8O13S2/c1-20-23(18-50(13-10-11-14-50)15-12-48-32(55)22-17-26(52)25(51)16-21(22)30(53)46-48)29(35(57)62-42)49-33(56)28(34(49)65-20)44-31(54)27(47-63-41(8,9)36(58)60-39(2,3)4)24-19-64-37(43-24)45-38(59)61-40(5,6)7/h16-17,19-20,28,34H,10-15,18,42H2,1-9H3,(H4-,43,44,45,46,47,51,52,53,54,55,59)/p+1/t20-,28+,34+/m0/s1. The van der Waals surface area contributed by atoms with E-state index in [0.29, 0.717) is 36.2 Å². The maximum atomic E-state index is 14.2. The van der Waals surface area contributed by atoms with Crippen LogP contribution in [0.25, 0.3) is 10.8 Å². The zero-order valence-electron chi connectivity index (χ0n) is 37.9. The molecule has 3 aromatic rings. The normalized spacial score (nSPS) is 19.9. The lowest BCUT2D eigenvalue weighted by atomic mass is 9.99. The van der Waals surface area contributed by atoms with Crippen molar-refractivity contribution in [3.05, 3.63) is 55.2 Å². The van der Waals surface area contributed by atoms with Gasteiger partial charge in [-0.3, -0.25) is 34.5 Å². The van der Waals surface area contributed by atoms with E-state index in [9.17, 15) is 43.8 Å². The Kier molecular flexibility index (Phi) is 13.6. The molecule has 3 amide bonds. The van der Waals surface area contributed by atoms with Gasteiger partial charge in [0.1, 0.15) is 40.6 Å². The molecule has 0 aliphatic carbocycles. The highest BCUT2D eigenvalue weighted by Crippen LogP contribution is 2.45. The number of quaternary nitrogens is 1. The molecule has 5 heterocycles. The lowest BCUT2D eigenvalue weighted by molar-refractivity contribution is -0.913. The van der Waals surface area contributed by atoms with Gasteiger partial charge >= 0.3 is 26.1 Å².